The highest BCUT2D eigenvalue weighted by Gasteiger charge is 2.12. The van der Waals surface area contributed by atoms with Crippen LogP contribution in [-0.2, 0) is 4.79 Å². The molecule has 0 radical (unpaired) electrons. The molecule has 0 saturated carbocycles. The fourth-order valence-electron chi connectivity index (χ4n) is 2.88. The number of thioether (sulfide) groups is 1. The molecule has 6 nitrogen and oxygen atoms in total. The molecule has 0 bridgehead atoms. The summed E-state index contributed by atoms with van der Waals surface area (Å²) < 4.78 is 1.75. The number of rotatable bonds is 5. The number of carbonyl (C=O) groups is 1. The van der Waals surface area contributed by atoms with Crippen LogP contribution in [0.1, 0.15) is 11.3 Å². The van der Waals surface area contributed by atoms with Gasteiger partial charge in [-0.3, -0.25) is 4.79 Å². The minimum absolute atomic E-state index is 0.110. The van der Waals surface area contributed by atoms with Crippen LogP contribution < -0.4 is 5.32 Å². The van der Waals surface area contributed by atoms with E-state index in [1.807, 2.05) is 68.4 Å². The Balaban J connectivity index is 1.49. The van der Waals surface area contributed by atoms with Crippen molar-refractivity contribution in [1.82, 2.24) is 19.7 Å². The Hall–Kier alpha value is -3.19. The van der Waals surface area contributed by atoms with Crippen molar-refractivity contribution in [3.63, 3.8) is 0 Å². The highest BCUT2D eigenvalue weighted by molar-refractivity contribution is 8.00. The molecule has 1 N–H and O–H groups in total. The van der Waals surface area contributed by atoms with Crippen LogP contribution in [0.25, 0.3) is 16.6 Å². The number of hydrogen-bond acceptors (Lipinski definition) is 5. The maximum atomic E-state index is 12.6. The summed E-state index contributed by atoms with van der Waals surface area (Å²) in [4.78, 5) is 21.1. The molecule has 0 fully saturated rings. The summed E-state index contributed by atoms with van der Waals surface area (Å²) in [6.45, 7) is 3.94. The molecule has 0 spiro atoms. The molecule has 140 valence electrons. The molecule has 0 saturated heterocycles. The molecule has 7 heteroatoms. The lowest BCUT2D eigenvalue weighted by molar-refractivity contribution is -0.113. The Morgan fingerprint density at radius 2 is 1.86 bits per heavy atom. The minimum atomic E-state index is -0.110. The van der Waals surface area contributed by atoms with Crippen molar-refractivity contribution in [3.8, 4) is 5.69 Å². The zero-order valence-corrected chi connectivity index (χ0v) is 16.4. The van der Waals surface area contributed by atoms with E-state index in [1.54, 1.807) is 4.68 Å². The van der Waals surface area contributed by atoms with Gasteiger partial charge in [-0.15, -0.1) is 0 Å². The highest BCUT2D eigenvalue weighted by Crippen LogP contribution is 2.24. The summed E-state index contributed by atoms with van der Waals surface area (Å²) in [6, 6.07) is 17.7. The average Bonchev–Trinajstić information content (AvgIpc) is 3.07. The average molecular weight is 389 g/mol. The van der Waals surface area contributed by atoms with Crippen LogP contribution in [0.3, 0.4) is 0 Å². The van der Waals surface area contributed by atoms with Gasteiger partial charge in [0.05, 0.1) is 22.7 Å². The third-order valence-electron chi connectivity index (χ3n) is 4.22. The van der Waals surface area contributed by atoms with Crippen molar-refractivity contribution in [2.45, 2.75) is 18.9 Å². The molecule has 0 unspecified atom stereocenters. The maximum absolute atomic E-state index is 12.6. The molecule has 28 heavy (non-hydrogen) atoms. The fraction of sp³-hybridized carbons (Fsp3) is 0.143. The zero-order chi connectivity index (χ0) is 19.5. The van der Waals surface area contributed by atoms with Crippen molar-refractivity contribution in [3.05, 3.63) is 72.2 Å². The molecule has 0 atom stereocenters. The largest absolute Gasteiger partial charge is 0.310 e. The number of amides is 1. The first kappa shape index (κ1) is 18.2. The van der Waals surface area contributed by atoms with E-state index in [-0.39, 0.29) is 11.7 Å². The number of fused-ring (bicyclic) bond motifs is 1. The van der Waals surface area contributed by atoms with E-state index >= 15 is 0 Å². The van der Waals surface area contributed by atoms with E-state index in [0.717, 1.165) is 27.3 Å². The lowest BCUT2D eigenvalue weighted by atomic mass is 10.2. The van der Waals surface area contributed by atoms with E-state index in [0.29, 0.717) is 5.82 Å². The van der Waals surface area contributed by atoms with Crippen molar-refractivity contribution < 1.29 is 4.79 Å². The molecule has 0 aliphatic rings. The normalized spacial score (nSPS) is 10.9. The lowest BCUT2D eigenvalue weighted by Crippen LogP contribution is -2.17. The summed E-state index contributed by atoms with van der Waals surface area (Å²) >= 11 is 1.39. The fourth-order valence-corrected chi connectivity index (χ4v) is 3.67. The van der Waals surface area contributed by atoms with Crippen LogP contribution in [0.2, 0.25) is 0 Å². The zero-order valence-electron chi connectivity index (χ0n) is 15.6. The van der Waals surface area contributed by atoms with Gasteiger partial charge in [0.2, 0.25) is 5.91 Å². The number of nitrogens with one attached hydrogen (secondary N) is 1. The Morgan fingerprint density at radius 1 is 1.07 bits per heavy atom. The minimum Gasteiger partial charge on any atom is -0.310 e. The van der Waals surface area contributed by atoms with Gasteiger partial charge in [-0.1, -0.05) is 47.7 Å². The second-order valence-electron chi connectivity index (χ2n) is 6.45. The summed E-state index contributed by atoms with van der Waals surface area (Å²) in [5, 5.41) is 9.20. The van der Waals surface area contributed by atoms with Gasteiger partial charge in [0.1, 0.15) is 17.2 Å². The Morgan fingerprint density at radius 3 is 2.68 bits per heavy atom. The summed E-state index contributed by atoms with van der Waals surface area (Å²) in [7, 11) is 0. The van der Waals surface area contributed by atoms with Gasteiger partial charge in [0.25, 0.3) is 0 Å². The van der Waals surface area contributed by atoms with Crippen LogP contribution >= 0.6 is 11.8 Å². The summed E-state index contributed by atoms with van der Waals surface area (Å²) in [5.74, 6) is 0.791. The topological polar surface area (TPSA) is 72.7 Å². The number of aromatic nitrogens is 4. The monoisotopic (exact) mass is 389 g/mol. The van der Waals surface area contributed by atoms with E-state index in [4.69, 9.17) is 0 Å². The quantitative estimate of drug-likeness (QED) is 0.410. The summed E-state index contributed by atoms with van der Waals surface area (Å²) in [5.41, 5.74) is 3.79. The third kappa shape index (κ3) is 3.89. The first-order chi connectivity index (χ1) is 13.6. The smallest absolute Gasteiger partial charge is 0.235 e. The van der Waals surface area contributed by atoms with Crippen molar-refractivity contribution >= 4 is 34.4 Å². The van der Waals surface area contributed by atoms with Crippen molar-refractivity contribution in [1.29, 1.82) is 0 Å². The van der Waals surface area contributed by atoms with Gasteiger partial charge in [-0.2, -0.15) is 5.10 Å². The van der Waals surface area contributed by atoms with E-state index in [1.165, 1.54) is 23.7 Å². The van der Waals surface area contributed by atoms with Crippen molar-refractivity contribution in [2.24, 2.45) is 0 Å². The molecular weight excluding hydrogens is 370 g/mol. The van der Waals surface area contributed by atoms with Gasteiger partial charge in [-0.25, -0.2) is 14.6 Å². The molecule has 0 aliphatic heterocycles. The molecule has 2 aromatic carbocycles. The number of carbonyl (C=O) groups excluding carboxylic acids is 1. The van der Waals surface area contributed by atoms with Gasteiger partial charge in [0.15, 0.2) is 0 Å². The van der Waals surface area contributed by atoms with E-state index < -0.39 is 0 Å². The number of benzene rings is 2. The second-order valence-corrected chi connectivity index (χ2v) is 7.42. The van der Waals surface area contributed by atoms with Gasteiger partial charge < -0.3 is 5.32 Å². The number of hydrogen-bond donors (Lipinski definition) is 1. The molecule has 4 aromatic rings. The van der Waals surface area contributed by atoms with Crippen LogP contribution in [0.4, 0.5) is 5.82 Å². The number of aryl methyl sites for hydroxylation is 2. The predicted octanol–water partition coefficient (Wildman–Crippen LogP) is 4.16. The van der Waals surface area contributed by atoms with Crippen molar-refractivity contribution in [2.75, 3.05) is 11.1 Å². The number of nitrogens with zero attached hydrogens (tertiary/aromatic N) is 4. The highest BCUT2D eigenvalue weighted by atomic mass is 32.2. The standard InChI is InChI=1S/C21H19N5OS/c1-14-7-9-16(10-8-14)26-19(11-15(2)25-26)24-20(27)12-28-21-17-5-3-4-6-18(17)22-13-23-21/h3-11,13H,12H2,1-2H3,(H,24,27). The molecule has 1 amide bonds. The summed E-state index contributed by atoms with van der Waals surface area (Å²) in [6.07, 6.45) is 1.53. The Kier molecular flexibility index (Phi) is 5.08. The molecular formula is C21H19N5OS. The van der Waals surface area contributed by atoms with Crippen LogP contribution in [0, 0.1) is 13.8 Å². The van der Waals surface area contributed by atoms with Crippen LogP contribution in [0.5, 0.6) is 0 Å². The molecule has 2 aromatic heterocycles. The van der Waals surface area contributed by atoms with Crippen LogP contribution in [0.15, 0.2) is 66.0 Å². The van der Waals surface area contributed by atoms with Gasteiger partial charge in [-0.05, 0) is 32.0 Å². The Labute approximate surface area is 167 Å². The first-order valence-corrected chi connectivity index (χ1v) is 9.85. The molecule has 4 rings (SSSR count). The number of para-hydroxylation sites is 1. The maximum Gasteiger partial charge on any atom is 0.235 e. The van der Waals surface area contributed by atoms with Gasteiger partial charge >= 0.3 is 0 Å². The molecule has 0 aliphatic carbocycles. The van der Waals surface area contributed by atoms with E-state index in [2.05, 4.69) is 20.4 Å². The van der Waals surface area contributed by atoms with E-state index in [9.17, 15) is 4.79 Å². The number of anilines is 1. The Bertz CT molecular complexity index is 1130. The SMILES string of the molecule is Cc1ccc(-n2nc(C)cc2NC(=O)CSc2ncnc3ccccc23)cc1. The third-order valence-corrected chi connectivity index (χ3v) is 5.23. The predicted molar refractivity (Wildman–Crippen MR) is 112 cm³/mol. The van der Waals surface area contributed by atoms with Crippen LogP contribution in [-0.4, -0.2) is 31.4 Å². The first-order valence-electron chi connectivity index (χ1n) is 8.86. The second kappa shape index (κ2) is 7.82. The molecule has 2 heterocycles. The lowest BCUT2D eigenvalue weighted by Gasteiger charge is -2.09. The van der Waals surface area contributed by atoms with Gasteiger partial charge in [0, 0.05) is 11.5 Å².